The van der Waals surface area contributed by atoms with Crippen molar-refractivity contribution in [1.29, 1.82) is 0 Å². The van der Waals surface area contributed by atoms with Crippen LogP contribution in [0.3, 0.4) is 0 Å². The van der Waals surface area contributed by atoms with Crippen molar-refractivity contribution in [2.45, 2.75) is 133 Å². The van der Waals surface area contributed by atoms with E-state index in [9.17, 15) is 30.6 Å². The van der Waals surface area contributed by atoms with Gasteiger partial charge in [-0.25, -0.2) is 4.68 Å². The highest BCUT2D eigenvalue weighted by Crippen LogP contribution is 2.28. The number of aliphatic hydroxyl groups excluding tert-OH is 6. The smallest absolute Gasteiger partial charge is 0.189 e. The Morgan fingerprint density at radius 1 is 0.795 bits per heavy atom. The van der Waals surface area contributed by atoms with Gasteiger partial charge in [0.05, 0.1) is 32.6 Å². The molecule has 16 heteroatoms. The Morgan fingerprint density at radius 2 is 1.34 bits per heavy atom. The molecule has 10 atom stereocenters. The maximum Gasteiger partial charge on any atom is 0.189 e. The Kier molecular flexibility index (Phi) is 16.3. The first-order valence-electron chi connectivity index (χ1n) is 15.6. The summed E-state index contributed by atoms with van der Waals surface area (Å²) in [5.41, 5.74) is 6.07. The van der Waals surface area contributed by atoms with Crippen LogP contribution in [0.5, 0.6) is 0 Å². The third-order valence-corrected chi connectivity index (χ3v) is 7.65. The van der Waals surface area contributed by atoms with Crippen LogP contribution < -0.4 is 5.73 Å². The van der Waals surface area contributed by atoms with E-state index in [-0.39, 0.29) is 25.8 Å². The zero-order valence-electron chi connectivity index (χ0n) is 25.7. The summed E-state index contributed by atoms with van der Waals surface area (Å²) in [6, 6.07) is 0. The molecule has 0 aromatic carbocycles. The summed E-state index contributed by atoms with van der Waals surface area (Å²) in [7, 11) is 0. The van der Waals surface area contributed by atoms with Crippen LogP contribution in [-0.2, 0) is 41.6 Å². The van der Waals surface area contributed by atoms with Gasteiger partial charge in [0.15, 0.2) is 12.6 Å². The van der Waals surface area contributed by atoms with Crippen LogP contribution in [-0.4, -0.2) is 146 Å². The Morgan fingerprint density at radius 3 is 1.89 bits per heavy atom. The van der Waals surface area contributed by atoms with Crippen molar-refractivity contribution >= 4 is 0 Å². The first-order chi connectivity index (χ1) is 21.2. The standard InChI is InChI=1S/C28H52N4O12/c1-3-5-7-9-39-15-18(16-40-10-8-6-4-2)41-14-17-12-32(31-30-17)13-20-22(34)24(36)26(38)28(43-20)44-27-25(37)23(35)21(33)19(11-29)42-27/h12,18-28,33-38H,3-11,13-16,29H2,1-2H3/t19?,20?,21-,22-,23?,24?,25?,26?,27-,28-/m1/s1. The largest absolute Gasteiger partial charge is 0.388 e. The van der Waals surface area contributed by atoms with Crippen LogP contribution in [0.4, 0.5) is 0 Å². The van der Waals surface area contributed by atoms with E-state index in [1.54, 1.807) is 6.20 Å². The molecule has 0 bridgehead atoms. The monoisotopic (exact) mass is 636 g/mol. The van der Waals surface area contributed by atoms with Gasteiger partial charge in [0.25, 0.3) is 0 Å². The summed E-state index contributed by atoms with van der Waals surface area (Å²) in [5.74, 6) is 0. The molecule has 2 saturated heterocycles. The van der Waals surface area contributed by atoms with Crippen molar-refractivity contribution in [2.75, 3.05) is 33.0 Å². The molecule has 2 fully saturated rings. The minimum atomic E-state index is -1.72. The van der Waals surface area contributed by atoms with Crippen LogP contribution in [0.2, 0.25) is 0 Å². The number of aromatic nitrogens is 3. The minimum Gasteiger partial charge on any atom is -0.388 e. The molecule has 8 N–H and O–H groups in total. The topological polar surface area (TPSA) is 233 Å². The molecule has 0 radical (unpaired) electrons. The average molecular weight is 637 g/mol. The summed E-state index contributed by atoms with van der Waals surface area (Å²) in [5, 5.41) is 70.2. The van der Waals surface area contributed by atoms with Crippen LogP contribution in [0.1, 0.15) is 58.1 Å². The van der Waals surface area contributed by atoms with Crippen LogP contribution >= 0.6 is 0 Å². The third-order valence-electron chi connectivity index (χ3n) is 7.65. The molecule has 0 aliphatic carbocycles. The van der Waals surface area contributed by atoms with E-state index in [1.807, 2.05) is 0 Å². The molecule has 3 heterocycles. The highest BCUT2D eigenvalue weighted by Gasteiger charge is 2.49. The summed E-state index contributed by atoms with van der Waals surface area (Å²) in [4.78, 5) is 0. The first-order valence-corrected chi connectivity index (χ1v) is 15.6. The molecular formula is C28H52N4O12. The zero-order valence-corrected chi connectivity index (χ0v) is 25.7. The van der Waals surface area contributed by atoms with Gasteiger partial charge in [-0.3, -0.25) is 0 Å². The fourth-order valence-corrected chi connectivity index (χ4v) is 4.90. The number of aliphatic hydroxyl groups is 6. The number of unbranched alkanes of at least 4 members (excludes halogenated alkanes) is 4. The van der Waals surface area contributed by atoms with Gasteiger partial charge in [-0.05, 0) is 12.8 Å². The van der Waals surface area contributed by atoms with Gasteiger partial charge in [0.2, 0.25) is 0 Å². The molecule has 256 valence electrons. The van der Waals surface area contributed by atoms with E-state index < -0.39 is 61.4 Å². The lowest BCUT2D eigenvalue weighted by atomic mass is 9.97. The van der Waals surface area contributed by atoms with Crippen molar-refractivity contribution in [1.82, 2.24) is 15.0 Å². The van der Waals surface area contributed by atoms with Gasteiger partial charge in [-0.2, -0.15) is 0 Å². The Bertz CT molecular complexity index is 900. The van der Waals surface area contributed by atoms with Gasteiger partial charge in [-0.1, -0.05) is 44.7 Å². The molecule has 1 aromatic rings. The molecule has 6 unspecified atom stereocenters. The SMILES string of the molecule is CCCCCOCC(COCCCCC)OCc1cn(CC2O[C@H](O[C@H]3OC(CN)[C@@H](O)C(O)C3O)C(O)C(O)[C@@H]2O)nn1. The predicted molar refractivity (Wildman–Crippen MR) is 153 cm³/mol. The lowest BCUT2D eigenvalue weighted by Crippen LogP contribution is -2.64. The molecule has 0 saturated carbocycles. The molecule has 1 aromatic heterocycles. The van der Waals surface area contributed by atoms with Crippen molar-refractivity contribution < 1.29 is 59.1 Å². The summed E-state index contributed by atoms with van der Waals surface area (Å²) >= 11 is 0. The Labute approximate surface area is 257 Å². The second kappa shape index (κ2) is 19.3. The molecule has 2 aliphatic rings. The quantitative estimate of drug-likeness (QED) is 0.0780. The normalized spacial score (nSPS) is 32.9. The molecule has 16 nitrogen and oxygen atoms in total. The van der Waals surface area contributed by atoms with E-state index in [0.717, 1.165) is 38.5 Å². The lowest BCUT2D eigenvalue weighted by molar-refractivity contribution is -0.373. The minimum absolute atomic E-state index is 0.0802. The number of hydrogen-bond acceptors (Lipinski definition) is 15. The van der Waals surface area contributed by atoms with Crippen LogP contribution in [0.25, 0.3) is 0 Å². The number of ether oxygens (including phenoxy) is 6. The highest BCUT2D eigenvalue weighted by atomic mass is 16.8. The second-order valence-electron chi connectivity index (χ2n) is 11.3. The summed E-state index contributed by atoms with van der Waals surface area (Å²) < 4.78 is 35.7. The van der Waals surface area contributed by atoms with Crippen molar-refractivity contribution in [3.8, 4) is 0 Å². The molecule has 0 amide bonds. The van der Waals surface area contributed by atoms with Gasteiger partial charge in [0, 0.05) is 19.8 Å². The second-order valence-corrected chi connectivity index (χ2v) is 11.3. The van der Waals surface area contributed by atoms with Crippen molar-refractivity contribution in [3.63, 3.8) is 0 Å². The predicted octanol–water partition coefficient (Wildman–Crippen LogP) is -1.83. The molecule has 0 spiro atoms. The lowest BCUT2D eigenvalue weighted by Gasteiger charge is -2.44. The van der Waals surface area contributed by atoms with E-state index >= 15 is 0 Å². The van der Waals surface area contributed by atoms with Crippen molar-refractivity contribution in [2.24, 2.45) is 5.73 Å². The maximum absolute atomic E-state index is 10.6. The fourth-order valence-electron chi connectivity index (χ4n) is 4.90. The third kappa shape index (κ3) is 10.9. The van der Waals surface area contributed by atoms with Gasteiger partial charge >= 0.3 is 0 Å². The molecule has 2 aliphatic heterocycles. The maximum atomic E-state index is 10.6. The summed E-state index contributed by atoms with van der Waals surface area (Å²) in [6.45, 7) is 6.21. The summed E-state index contributed by atoms with van der Waals surface area (Å²) in [6.07, 6.45) is -7.30. The molecule has 3 rings (SSSR count). The van der Waals surface area contributed by atoms with E-state index in [1.165, 1.54) is 4.68 Å². The van der Waals surface area contributed by atoms with Gasteiger partial charge < -0.3 is 64.8 Å². The van der Waals surface area contributed by atoms with E-state index in [0.29, 0.717) is 32.1 Å². The molecule has 44 heavy (non-hydrogen) atoms. The number of nitrogens with two attached hydrogens (primary N) is 1. The van der Waals surface area contributed by atoms with E-state index in [2.05, 4.69) is 24.2 Å². The van der Waals surface area contributed by atoms with Crippen LogP contribution in [0.15, 0.2) is 6.20 Å². The van der Waals surface area contributed by atoms with Gasteiger partial charge in [0.1, 0.15) is 60.6 Å². The fraction of sp³-hybridized carbons (Fsp3) is 0.929. The molecular weight excluding hydrogens is 584 g/mol. The van der Waals surface area contributed by atoms with Crippen molar-refractivity contribution in [3.05, 3.63) is 11.9 Å². The highest BCUT2D eigenvalue weighted by molar-refractivity contribution is 4.94. The van der Waals surface area contributed by atoms with Gasteiger partial charge in [-0.15, -0.1) is 5.10 Å². The number of hydrogen-bond donors (Lipinski definition) is 7. The zero-order chi connectivity index (χ0) is 32.1. The number of rotatable bonds is 20. The van der Waals surface area contributed by atoms with Crippen LogP contribution in [0, 0.1) is 0 Å². The van der Waals surface area contributed by atoms with E-state index in [4.69, 9.17) is 34.2 Å². The Balaban J connectivity index is 1.55. The first kappa shape index (κ1) is 37.1. The number of nitrogens with zero attached hydrogens (tertiary/aromatic N) is 3. The Hall–Kier alpha value is -1.38. The average Bonchev–Trinajstić information content (AvgIpc) is 3.47.